The molecule has 0 bridgehead atoms. The minimum atomic E-state index is -4.92. The quantitative estimate of drug-likeness (QED) is 0.207. The number of pyridine rings is 1. The average molecular weight is 759 g/mol. The Hall–Kier alpha value is -3.85. The Morgan fingerprint density at radius 1 is 1.06 bits per heavy atom. The predicted molar refractivity (Wildman–Crippen MR) is 178 cm³/mol. The number of rotatable bonds is 9. The zero-order valence-corrected chi connectivity index (χ0v) is 29.7. The van der Waals surface area contributed by atoms with Crippen molar-refractivity contribution in [3.8, 4) is 5.75 Å². The van der Waals surface area contributed by atoms with Crippen LogP contribution in [0, 0.1) is 0 Å². The molecule has 276 valence electrons. The lowest BCUT2D eigenvalue weighted by Crippen LogP contribution is -2.69. The summed E-state index contributed by atoms with van der Waals surface area (Å²) in [6.07, 6.45) is -7.56. The second-order valence-electron chi connectivity index (χ2n) is 12.7. The van der Waals surface area contributed by atoms with Gasteiger partial charge in [0.1, 0.15) is 16.3 Å². The molecule has 0 unspecified atom stereocenters. The summed E-state index contributed by atoms with van der Waals surface area (Å²) in [6, 6.07) is 5.85. The number of amides is 3. The van der Waals surface area contributed by atoms with Gasteiger partial charge < -0.3 is 19.4 Å². The van der Waals surface area contributed by atoms with Gasteiger partial charge in [0.2, 0.25) is 11.5 Å². The van der Waals surface area contributed by atoms with Gasteiger partial charge in [0.25, 0.3) is 11.8 Å². The second kappa shape index (κ2) is 15.0. The van der Waals surface area contributed by atoms with Crippen molar-refractivity contribution in [2.45, 2.75) is 82.4 Å². The number of alkyl halides is 6. The van der Waals surface area contributed by atoms with E-state index in [-0.39, 0.29) is 57.0 Å². The van der Waals surface area contributed by atoms with Crippen LogP contribution in [0.5, 0.6) is 5.75 Å². The van der Waals surface area contributed by atoms with Crippen molar-refractivity contribution in [1.29, 1.82) is 0 Å². The normalized spacial score (nSPS) is 20.9. The number of hydrogen-bond acceptors (Lipinski definition) is 6. The maximum Gasteiger partial charge on any atom is 0.425 e. The fourth-order valence-electron chi connectivity index (χ4n) is 7.06. The molecule has 8 nitrogen and oxygen atoms in total. The fourth-order valence-corrected chi connectivity index (χ4v) is 7.92. The SMILES string of the molecule is CCC[C@H]1N(C(=O)c2ncccc2C(F)(F)F)CCC[C@@]1(Oc1csc(C(F)(F)F)c1)C(=O)N1CCc2ccc(Cl)cc2[C@@H]1CN(C)C(=O)CC. The third kappa shape index (κ3) is 7.84. The third-order valence-corrected chi connectivity index (χ3v) is 10.6. The van der Waals surface area contributed by atoms with Gasteiger partial charge in [-0.25, -0.2) is 0 Å². The number of likely N-dealkylation sites (N-methyl/N-ethyl adjacent to an activating group) is 1. The van der Waals surface area contributed by atoms with Gasteiger partial charge in [0.15, 0.2) is 0 Å². The Balaban J connectivity index is 1.66. The lowest BCUT2D eigenvalue weighted by Gasteiger charge is -2.51. The third-order valence-electron chi connectivity index (χ3n) is 9.42. The van der Waals surface area contributed by atoms with E-state index >= 15 is 4.79 Å². The van der Waals surface area contributed by atoms with Gasteiger partial charge in [-0.1, -0.05) is 37.9 Å². The Bertz CT molecular complexity index is 1770. The molecule has 0 radical (unpaired) electrons. The molecule has 0 spiro atoms. The van der Waals surface area contributed by atoms with Crippen LogP contribution in [-0.4, -0.2) is 75.7 Å². The molecule has 1 saturated heterocycles. The van der Waals surface area contributed by atoms with Gasteiger partial charge >= 0.3 is 12.4 Å². The van der Waals surface area contributed by atoms with Crippen LogP contribution in [0.3, 0.4) is 0 Å². The average Bonchev–Trinajstić information content (AvgIpc) is 3.57. The summed E-state index contributed by atoms with van der Waals surface area (Å²) in [5.41, 5.74) is -2.59. The summed E-state index contributed by atoms with van der Waals surface area (Å²) in [4.78, 5) is 49.2. The number of aromatic nitrogens is 1. The molecule has 1 fully saturated rings. The van der Waals surface area contributed by atoms with Gasteiger partial charge in [0.05, 0.1) is 17.6 Å². The molecule has 2 aliphatic rings. The zero-order valence-electron chi connectivity index (χ0n) is 28.1. The van der Waals surface area contributed by atoms with Crippen molar-refractivity contribution in [3.05, 3.63) is 80.3 Å². The molecule has 3 atom stereocenters. The number of carbonyl (C=O) groups excluding carboxylic acids is 3. The summed E-state index contributed by atoms with van der Waals surface area (Å²) in [5, 5.41) is 1.51. The first-order valence-corrected chi connectivity index (χ1v) is 17.8. The maximum atomic E-state index is 15.3. The Morgan fingerprint density at radius 2 is 1.80 bits per heavy atom. The van der Waals surface area contributed by atoms with Gasteiger partial charge in [0, 0.05) is 62.2 Å². The largest absolute Gasteiger partial charge is 0.474 e. The predicted octanol–water partition coefficient (Wildman–Crippen LogP) is 8.05. The van der Waals surface area contributed by atoms with Crippen LogP contribution >= 0.6 is 22.9 Å². The molecule has 0 N–H and O–H groups in total. The van der Waals surface area contributed by atoms with E-state index in [1.165, 1.54) is 9.80 Å². The number of nitrogens with zero attached hydrogens (tertiary/aromatic N) is 4. The molecule has 3 amide bonds. The maximum absolute atomic E-state index is 15.3. The van der Waals surface area contributed by atoms with Crippen molar-refractivity contribution < 1.29 is 45.5 Å². The van der Waals surface area contributed by atoms with Crippen LogP contribution in [0.25, 0.3) is 0 Å². The van der Waals surface area contributed by atoms with Crippen LogP contribution in [0.4, 0.5) is 26.3 Å². The van der Waals surface area contributed by atoms with Crippen molar-refractivity contribution in [1.82, 2.24) is 19.7 Å². The fraction of sp³-hybridized carbons (Fsp3) is 0.486. The molecule has 0 saturated carbocycles. The topological polar surface area (TPSA) is 83.1 Å². The van der Waals surface area contributed by atoms with Gasteiger partial charge in [-0.3, -0.25) is 19.4 Å². The Kier molecular flexibility index (Phi) is 11.3. The van der Waals surface area contributed by atoms with Crippen molar-refractivity contribution in [2.24, 2.45) is 0 Å². The van der Waals surface area contributed by atoms with E-state index in [0.717, 1.165) is 40.2 Å². The highest BCUT2D eigenvalue weighted by atomic mass is 35.5. The van der Waals surface area contributed by atoms with Crippen LogP contribution < -0.4 is 4.74 Å². The highest BCUT2D eigenvalue weighted by Crippen LogP contribution is 2.44. The van der Waals surface area contributed by atoms with E-state index in [0.29, 0.717) is 34.8 Å². The van der Waals surface area contributed by atoms with Crippen LogP contribution in [-0.2, 0) is 28.4 Å². The van der Waals surface area contributed by atoms with Crippen LogP contribution in [0.1, 0.15) is 84.0 Å². The van der Waals surface area contributed by atoms with Crippen molar-refractivity contribution in [2.75, 3.05) is 26.7 Å². The molecule has 0 aliphatic carbocycles. The van der Waals surface area contributed by atoms with E-state index in [1.54, 1.807) is 33.0 Å². The zero-order chi connectivity index (χ0) is 37.3. The number of hydrogen-bond donors (Lipinski definition) is 0. The molecule has 51 heavy (non-hydrogen) atoms. The second-order valence-corrected chi connectivity index (χ2v) is 14.0. The summed E-state index contributed by atoms with van der Waals surface area (Å²) in [6.45, 7) is 3.57. The molecular weight excluding hydrogens is 722 g/mol. The molecule has 1 aromatic carbocycles. The monoisotopic (exact) mass is 758 g/mol. The molecule has 4 heterocycles. The lowest BCUT2D eigenvalue weighted by molar-refractivity contribution is -0.163. The number of fused-ring (bicyclic) bond motifs is 1. The molecule has 2 aliphatic heterocycles. The summed E-state index contributed by atoms with van der Waals surface area (Å²) in [5.74, 6) is -2.21. The Labute approximate surface area is 300 Å². The minimum Gasteiger partial charge on any atom is -0.474 e. The first-order chi connectivity index (χ1) is 24.0. The number of ether oxygens (including phenoxy) is 1. The number of halogens is 7. The first-order valence-electron chi connectivity index (χ1n) is 16.5. The summed E-state index contributed by atoms with van der Waals surface area (Å²) < 4.78 is 89.9. The minimum absolute atomic E-state index is 0.0441. The number of carbonyl (C=O) groups is 3. The Morgan fingerprint density at radius 3 is 2.45 bits per heavy atom. The van der Waals surface area contributed by atoms with E-state index in [4.69, 9.17) is 16.3 Å². The van der Waals surface area contributed by atoms with E-state index < -0.39 is 58.0 Å². The number of thiophene rings is 1. The molecule has 2 aromatic heterocycles. The van der Waals surface area contributed by atoms with E-state index in [2.05, 4.69) is 4.98 Å². The molecule has 5 rings (SSSR count). The standard InChI is InChI=1S/C35H37ClF6N4O4S/c1-4-8-27-33(50-23-18-28(51-20-23)35(40,41)42,13-7-15-46(27)31(48)30-25(34(37,38)39)9-6-14-43-30)32(49)45-16-12-21-10-11-22(36)17-24(21)26(45)19-44(3)29(47)5-2/h6,9-11,14,17-18,20,26-27H,4-5,7-8,12-13,15-16,19H2,1-3H3/t26-,27+,33-/m0/s1. The summed E-state index contributed by atoms with van der Waals surface area (Å²) >= 11 is 6.78. The van der Waals surface area contributed by atoms with Gasteiger partial charge in [-0.05, 0) is 54.7 Å². The highest BCUT2D eigenvalue weighted by Gasteiger charge is 2.57. The number of likely N-dealkylation sites (tertiary alicyclic amines) is 1. The first kappa shape index (κ1) is 38.4. The number of benzene rings is 1. The lowest BCUT2D eigenvalue weighted by atomic mass is 9.78. The van der Waals surface area contributed by atoms with E-state index in [1.807, 2.05) is 6.07 Å². The molecule has 16 heteroatoms. The van der Waals surface area contributed by atoms with Crippen molar-refractivity contribution >= 4 is 40.7 Å². The van der Waals surface area contributed by atoms with Gasteiger partial charge in [-0.2, -0.15) is 26.3 Å². The smallest absolute Gasteiger partial charge is 0.425 e. The highest BCUT2D eigenvalue weighted by molar-refractivity contribution is 7.10. The van der Waals surface area contributed by atoms with Crippen LogP contribution in [0.15, 0.2) is 48.0 Å². The molecule has 3 aromatic rings. The van der Waals surface area contributed by atoms with Crippen LogP contribution in [0.2, 0.25) is 5.02 Å². The summed E-state index contributed by atoms with van der Waals surface area (Å²) in [7, 11) is 1.59. The molecular formula is C35H37ClF6N4O4S. The van der Waals surface area contributed by atoms with Gasteiger partial charge in [-0.15, -0.1) is 11.3 Å². The van der Waals surface area contributed by atoms with Crippen molar-refractivity contribution in [3.63, 3.8) is 0 Å². The van der Waals surface area contributed by atoms with E-state index in [9.17, 15) is 35.9 Å². The number of piperidine rings is 1.